The largest absolute Gasteiger partial charge is 0.300 e. The standard InChI is InChI=1S/C28H29FN6/c29-24-17-32-28(31-16-20-8-11-23(12-9-20)34-14-4-5-15-34)33-27(24)25-18-30-26-13-10-22(19-35(25)26)21-6-2-1-3-7-21/h1-3,6-7,10,13,16-20,23H,4-5,8-9,11-12,14-15H2/b31-16+. The molecule has 35 heavy (non-hydrogen) atoms. The maximum atomic E-state index is 14.8. The van der Waals surface area contributed by atoms with E-state index in [-0.39, 0.29) is 11.6 Å². The van der Waals surface area contributed by atoms with E-state index >= 15 is 0 Å². The summed E-state index contributed by atoms with van der Waals surface area (Å²) in [6, 6.07) is 14.8. The van der Waals surface area contributed by atoms with Gasteiger partial charge in [-0.15, -0.1) is 0 Å². The molecule has 1 aliphatic carbocycles. The van der Waals surface area contributed by atoms with Gasteiger partial charge < -0.3 is 4.90 Å². The number of benzene rings is 1. The Morgan fingerprint density at radius 3 is 2.49 bits per heavy atom. The van der Waals surface area contributed by atoms with Gasteiger partial charge in [0.15, 0.2) is 5.82 Å². The number of hydrogen-bond donors (Lipinski definition) is 0. The summed E-state index contributed by atoms with van der Waals surface area (Å²) < 4.78 is 16.7. The van der Waals surface area contributed by atoms with Crippen LogP contribution in [-0.4, -0.2) is 49.6 Å². The second-order valence-electron chi connectivity index (χ2n) is 9.61. The minimum atomic E-state index is -0.484. The van der Waals surface area contributed by atoms with E-state index in [1.807, 2.05) is 47.1 Å². The number of halogens is 1. The van der Waals surface area contributed by atoms with E-state index in [1.54, 1.807) is 6.20 Å². The quantitative estimate of drug-likeness (QED) is 0.340. The molecule has 0 atom stereocenters. The van der Waals surface area contributed by atoms with E-state index in [4.69, 9.17) is 0 Å². The first-order chi connectivity index (χ1) is 17.2. The topological polar surface area (TPSA) is 58.7 Å². The van der Waals surface area contributed by atoms with Gasteiger partial charge in [0, 0.05) is 18.5 Å². The van der Waals surface area contributed by atoms with Crippen LogP contribution in [-0.2, 0) is 0 Å². The van der Waals surface area contributed by atoms with Crippen LogP contribution in [0.5, 0.6) is 0 Å². The molecule has 0 radical (unpaired) electrons. The smallest absolute Gasteiger partial charge is 0.249 e. The lowest BCUT2D eigenvalue weighted by Crippen LogP contribution is -2.36. The van der Waals surface area contributed by atoms with Crippen LogP contribution in [0.2, 0.25) is 0 Å². The Labute approximate surface area is 204 Å². The number of aromatic nitrogens is 4. The van der Waals surface area contributed by atoms with Gasteiger partial charge in [-0.3, -0.25) is 4.40 Å². The van der Waals surface area contributed by atoms with Gasteiger partial charge in [-0.2, -0.15) is 0 Å². The van der Waals surface area contributed by atoms with E-state index in [9.17, 15) is 4.39 Å². The van der Waals surface area contributed by atoms with Crippen LogP contribution in [0.25, 0.3) is 28.2 Å². The summed E-state index contributed by atoms with van der Waals surface area (Å²) >= 11 is 0. The van der Waals surface area contributed by atoms with Gasteiger partial charge in [0.2, 0.25) is 5.95 Å². The van der Waals surface area contributed by atoms with Gasteiger partial charge in [-0.05, 0) is 80.8 Å². The minimum Gasteiger partial charge on any atom is -0.300 e. The maximum Gasteiger partial charge on any atom is 0.249 e. The first kappa shape index (κ1) is 22.0. The van der Waals surface area contributed by atoms with Crippen LogP contribution in [0.4, 0.5) is 10.3 Å². The number of likely N-dealkylation sites (tertiary alicyclic amines) is 1. The zero-order chi connectivity index (χ0) is 23.6. The molecule has 2 fully saturated rings. The fourth-order valence-corrected chi connectivity index (χ4v) is 5.45. The van der Waals surface area contributed by atoms with Crippen molar-refractivity contribution in [2.75, 3.05) is 13.1 Å². The predicted molar refractivity (Wildman–Crippen MR) is 136 cm³/mol. The molecule has 0 N–H and O–H groups in total. The van der Waals surface area contributed by atoms with Crippen LogP contribution in [0, 0.1) is 11.7 Å². The first-order valence-corrected chi connectivity index (χ1v) is 12.6. The number of hydrogen-bond acceptors (Lipinski definition) is 5. The lowest BCUT2D eigenvalue weighted by atomic mass is 9.86. The third kappa shape index (κ3) is 4.60. The Kier molecular flexibility index (Phi) is 6.08. The first-order valence-electron chi connectivity index (χ1n) is 12.6. The molecule has 6 nitrogen and oxygen atoms in total. The summed E-state index contributed by atoms with van der Waals surface area (Å²) in [5, 5.41) is 0. The molecule has 0 bridgehead atoms. The Morgan fingerprint density at radius 2 is 1.69 bits per heavy atom. The molecule has 1 aliphatic heterocycles. The molecular weight excluding hydrogens is 439 g/mol. The Hall–Kier alpha value is -3.45. The summed E-state index contributed by atoms with van der Waals surface area (Å²) in [4.78, 5) is 20.3. The summed E-state index contributed by atoms with van der Waals surface area (Å²) in [6.45, 7) is 2.51. The monoisotopic (exact) mass is 468 g/mol. The molecule has 178 valence electrons. The Balaban J connectivity index is 1.23. The molecule has 0 unspecified atom stereocenters. The predicted octanol–water partition coefficient (Wildman–Crippen LogP) is 5.95. The fraction of sp³-hybridized carbons (Fsp3) is 0.357. The number of pyridine rings is 1. The number of fused-ring (bicyclic) bond motifs is 1. The van der Waals surface area contributed by atoms with Crippen molar-refractivity contribution >= 4 is 17.8 Å². The van der Waals surface area contributed by atoms with E-state index in [1.165, 1.54) is 45.0 Å². The molecule has 0 spiro atoms. The van der Waals surface area contributed by atoms with E-state index in [2.05, 4.69) is 37.0 Å². The zero-order valence-electron chi connectivity index (χ0n) is 19.7. The highest BCUT2D eigenvalue weighted by atomic mass is 19.1. The Bertz CT molecular complexity index is 1330. The van der Waals surface area contributed by atoms with E-state index in [0.717, 1.165) is 35.7 Å². The molecule has 4 aromatic rings. The normalized spacial score (nSPS) is 21.3. The highest BCUT2D eigenvalue weighted by Crippen LogP contribution is 2.30. The molecule has 1 saturated heterocycles. The van der Waals surface area contributed by atoms with Crippen molar-refractivity contribution in [3.63, 3.8) is 0 Å². The van der Waals surface area contributed by atoms with Crippen molar-refractivity contribution in [3.05, 3.63) is 66.9 Å². The van der Waals surface area contributed by atoms with Crippen molar-refractivity contribution in [3.8, 4) is 22.5 Å². The summed E-state index contributed by atoms with van der Waals surface area (Å²) in [5.74, 6) is 0.231. The Morgan fingerprint density at radius 1 is 0.886 bits per heavy atom. The van der Waals surface area contributed by atoms with Crippen molar-refractivity contribution < 1.29 is 4.39 Å². The molecule has 3 aromatic heterocycles. The van der Waals surface area contributed by atoms with Gasteiger partial charge in [-0.25, -0.2) is 24.3 Å². The third-order valence-electron chi connectivity index (χ3n) is 7.39. The van der Waals surface area contributed by atoms with Crippen LogP contribution >= 0.6 is 0 Å². The van der Waals surface area contributed by atoms with E-state index < -0.39 is 5.82 Å². The van der Waals surface area contributed by atoms with Crippen LogP contribution < -0.4 is 0 Å². The number of nitrogens with zero attached hydrogens (tertiary/aromatic N) is 6. The number of rotatable bonds is 5. The van der Waals surface area contributed by atoms with Crippen molar-refractivity contribution in [2.45, 2.75) is 44.6 Å². The highest BCUT2D eigenvalue weighted by Gasteiger charge is 2.26. The van der Waals surface area contributed by atoms with Gasteiger partial charge in [0.25, 0.3) is 0 Å². The SMILES string of the molecule is Fc1cnc(/N=C/C2CCC(N3CCCC3)CC2)nc1-c1cnc2ccc(-c3ccccc3)cn12. The molecule has 0 amide bonds. The van der Waals surface area contributed by atoms with Crippen LogP contribution in [0.1, 0.15) is 38.5 Å². The lowest BCUT2D eigenvalue weighted by molar-refractivity contribution is 0.181. The fourth-order valence-electron chi connectivity index (χ4n) is 5.45. The average molecular weight is 469 g/mol. The molecule has 1 aromatic carbocycles. The third-order valence-corrected chi connectivity index (χ3v) is 7.39. The highest BCUT2D eigenvalue weighted by molar-refractivity contribution is 5.69. The second kappa shape index (κ2) is 9.66. The van der Waals surface area contributed by atoms with Crippen LogP contribution in [0.3, 0.4) is 0 Å². The lowest BCUT2D eigenvalue weighted by Gasteiger charge is -2.33. The van der Waals surface area contributed by atoms with Crippen molar-refractivity contribution in [1.82, 2.24) is 24.3 Å². The van der Waals surface area contributed by atoms with Gasteiger partial charge in [0.05, 0.1) is 18.1 Å². The summed E-state index contributed by atoms with van der Waals surface area (Å²) in [7, 11) is 0. The van der Waals surface area contributed by atoms with Crippen molar-refractivity contribution in [1.29, 1.82) is 0 Å². The van der Waals surface area contributed by atoms with Crippen LogP contribution in [0.15, 0.2) is 66.0 Å². The van der Waals surface area contributed by atoms with Gasteiger partial charge >= 0.3 is 0 Å². The molecule has 4 heterocycles. The van der Waals surface area contributed by atoms with Gasteiger partial charge in [-0.1, -0.05) is 30.3 Å². The summed E-state index contributed by atoms with van der Waals surface area (Å²) in [5.41, 5.74) is 3.64. The number of imidazole rings is 1. The molecule has 7 heteroatoms. The van der Waals surface area contributed by atoms with Crippen molar-refractivity contribution in [2.24, 2.45) is 10.9 Å². The molecule has 2 aliphatic rings. The zero-order valence-corrected chi connectivity index (χ0v) is 19.7. The second-order valence-corrected chi connectivity index (χ2v) is 9.61. The molecular formula is C28H29FN6. The minimum absolute atomic E-state index is 0.211. The molecule has 6 rings (SSSR count). The van der Waals surface area contributed by atoms with E-state index in [0.29, 0.717) is 11.6 Å². The van der Waals surface area contributed by atoms with Gasteiger partial charge in [0.1, 0.15) is 11.3 Å². The number of aliphatic imine (C=N–C) groups is 1. The average Bonchev–Trinajstić information content (AvgIpc) is 3.59. The summed E-state index contributed by atoms with van der Waals surface area (Å²) in [6.07, 6.45) is 14.2. The molecule has 1 saturated carbocycles. The maximum absolute atomic E-state index is 14.8.